The third-order valence-electron chi connectivity index (χ3n) is 5.02. The van der Waals surface area contributed by atoms with Crippen molar-refractivity contribution < 1.29 is 13.6 Å². The summed E-state index contributed by atoms with van der Waals surface area (Å²) in [4.78, 5) is 25.1. The molecular weight excluding hydrogens is 388 g/mol. The first-order chi connectivity index (χ1) is 14.6. The zero-order chi connectivity index (χ0) is 20.9. The van der Waals surface area contributed by atoms with Gasteiger partial charge in [0.2, 0.25) is 0 Å². The fourth-order valence-corrected chi connectivity index (χ4v) is 3.42. The summed E-state index contributed by atoms with van der Waals surface area (Å²) in [7, 11) is 0. The molecule has 0 radical (unpaired) electrons. The second kappa shape index (κ2) is 8.96. The van der Waals surface area contributed by atoms with E-state index in [1.807, 2.05) is 18.2 Å². The van der Waals surface area contributed by atoms with Crippen LogP contribution in [0.4, 0.5) is 20.4 Å². The van der Waals surface area contributed by atoms with Gasteiger partial charge in [0.1, 0.15) is 29.6 Å². The van der Waals surface area contributed by atoms with Crippen LogP contribution in [-0.4, -0.2) is 47.0 Å². The van der Waals surface area contributed by atoms with Crippen molar-refractivity contribution in [1.29, 1.82) is 0 Å². The maximum absolute atomic E-state index is 13.8. The monoisotopic (exact) mass is 409 g/mol. The van der Waals surface area contributed by atoms with Crippen molar-refractivity contribution in [2.75, 3.05) is 36.4 Å². The van der Waals surface area contributed by atoms with E-state index in [1.54, 1.807) is 6.07 Å². The lowest BCUT2D eigenvalue weighted by atomic mass is 10.2. The number of nitrogens with one attached hydrogen (secondary N) is 1. The number of amides is 1. The summed E-state index contributed by atoms with van der Waals surface area (Å²) in [6.45, 7) is 4.28. The molecule has 30 heavy (non-hydrogen) atoms. The summed E-state index contributed by atoms with van der Waals surface area (Å²) in [5, 5.41) is 2.55. The Balaban J connectivity index is 1.37. The van der Waals surface area contributed by atoms with Crippen LogP contribution >= 0.6 is 0 Å². The molecule has 1 aliphatic heterocycles. The van der Waals surface area contributed by atoms with Crippen LogP contribution in [0.5, 0.6) is 0 Å². The predicted octanol–water partition coefficient (Wildman–Crippen LogP) is 3.33. The number of nitrogens with zero attached hydrogens (tertiary/aromatic N) is 4. The highest BCUT2D eigenvalue weighted by atomic mass is 19.1. The lowest BCUT2D eigenvalue weighted by molar-refractivity contribution is 0.102. The van der Waals surface area contributed by atoms with Gasteiger partial charge < -0.3 is 10.2 Å². The predicted molar refractivity (Wildman–Crippen MR) is 110 cm³/mol. The molecule has 2 heterocycles. The van der Waals surface area contributed by atoms with E-state index >= 15 is 0 Å². The molecule has 154 valence electrons. The third kappa shape index (κ3) is 4.77. The van der Waals surface area contributed by atoms with Gasteiger partial charge in [-0.1, -0.05) is 30.3 Å². The quantitative estimate of drug-likeness (QED) is 0.701. The molecule has 1 aliphatic rings. The van der Waals surface area contributed by atoms with Gasteiger partial charge in [0.25, 0.3) is 5.91 Å². The highest BCUT2D eigenvalue weighted by Gasteiger charge is 2.19. The van der Waals surface area contributed by atoms with Crippen LogP contribution in [0.25, 0.3) is 0 Å². The lowest BCUT2D eigenvalue weighted by Gasteiger charge is -2.35. The average molecular weight is 409 g/mol. The van der Waals surface area contributed by atoms with E-state index in [-0.39, 0.29) is 11.4 Å². The average Bonchev–Trinajstić information content (AvgIpc) is 2.75. The number of hydrogen-bond acceptors (Lipinski definition) is 5. The fraction of sp³-hybridized carbons (Fsp3) is 0.227. The summed E-state index contributed by atoms with van der Waals surface area (Å²) in [5.74, 6) is -1.39. The first-order valence-electron chi connectivity index (χ1n) is 9.68. The van der Waals surface area contributed by atoms with Gasteiger partial charge in [-0.3, -0.25) is 9.69 Å². The molecule has 1 saturated heterocycles. The second-order valence-corrected chi connectivity index (χ2v) is 7.09. The van der Waals surface area contributed by atoms with E-state index in [2.05, 4.69) is 37.2 Å². The van der Waals surface area contributed by atoms with Gasteiger partial charge in [-0.15, -0.1) is 0 Å². The zero-order valence-electron chi connectivity index (χ0n) is 16.3. The first-order valence-corrected chi connectivity index (χ1v) is 9.68. The minimum atomic E-state index is -0.920. The van der Waals surface area contributed by atoms with Crippen LogP contribution in [-0.2, 0) is 6.54 Å². The molecule has 4 rings (SSSR count). The maximum Gasteiger partial charge on any atom is 0.259 e. The van der Waals surface area contributed by atoms with Crippen molar-refractivity contribution in [2.24, 2.45) is 0 Å². The molecule has 3 aromatic rings. The van der Waals surface area contributed by atoms with Crippen molar-refractivity contribution in [3.05, 3.63) is 83.7 Å². The van der Waals surface area contributed by atoms with Gasteiger partial charge >= 0.3 is 0 Å². The van der Waals surface area contributed by atoms with Crippen LogP contribution in [0.3, 0.4) is 0 Å². The van der Waals surface area contributed by atoms with Gasteiger partial charge in [0, 0.05) is 44.9 Å². The number of piperazine rings is 1. The SMILES string of the molecule is O=C(Nc1cc(N2CCN(Cc3ccccc3)CC2)ncn1)c1ccc(F)cc1F. The minimum Gasteiger partial charge on any atom is -0.354 e. The Morgan fingerprint density at radius 1 is 0.967 bits per heavy atom. The Kier molecular flexibility index (Phi) is 5.94. The largest absolute Gasteiger partial charge is 0.354 e. The molecule has 0 aliphatic carbocycles. The number of benzene rings is 2. The summed E-state index contributed by atoms with van der Waals surface area (Å²) < 4.78 is 26.9. The smallest absolute Gasteiger partial charge is 0.259 e. The lowest BCUT2D eigenvalue weighted by Crippen LogP contribution is -2.46. The van der Waals surface area contributed by atoms with Crippen molar-refractivity contribution in [1.82, 2.24) is 14.9 Å². The Morgan fingerprint density at radius 3 is 2.47 bits per heavy atom. The number of halogens is 2. The molecule has 0 spiro atoms. The van der Waals surface area contributed by atoms with Crippen LogP contribution < -0.4 is 10.2 Å². The molecule has 1 N–H and O–H groups in total. The van der Waals surface area contributed by atoms with Crippen LogP contribution in [0.15, 0.2) is 60.9 Å². The normalized spacial score (nSPS) is 14.5. The number of aromatic nitrogens is 2. The number of carbonyl (C=O) groups is 1. The van der Waals surface area contributed by atoms with Gasteiger partial charge in [-0.05, 0) is 17.7 Å². The van der Waals surface area contributed by atoms with Gasteiger partial charge in [-0.25, -0.2) is 18.7 Å². The van der Waals surface area contributed by atoms with E-state index in [0.29, 0.717) is 11.9 Å². The third-order valence-corrected chi connectivity index (χ3v) is 5.02. The molecule has 0 bridgehead atoms. The van der Waals surface area contributed by atoms with Crippen molar-refractivity contribution in [3.8, 4) is 0 Å². The highest BCUT2D eigenvalue weighted by molar-refractivity contribution is 6.04. The molecule has 0 atom stereocenters. The Hall–Kier alpha value is -3.39. The van der Waals surface area contributed by atoms with Crippen molar-refractivity contribution >= 4 is 17.5 Å². The number of anilines is 2. The van der Waals surface area contributed by atoms with E-state index in [1.165, 1.54) is 11.9 Å². The standard InChI is InChI=1S/C22H21F2N5O/c23-17-6-7-18(19(24)12-17)22(30)27-20-13-21(26-15-25-20)29-10-8-28(9-11-29)14-16-4-2-1-3-5-16/h1-7,12-13,15H,8-11,14H2,(H,25,26,27,30). The molecular formula is C22H21F2N5O. The fourth-order valence-electron chi connectivity index (χ4n) is 3.42. The topological polar surface area (TPSA) is 61.4 Å². The molecule has 1 amide bonds. The van der Waals surface area contributed by atoms with E-state index in [0.717, 1.165) is 44.9 Å². The molecule has 1 aromatic heterocycles. The molecule has 0 saturated carbocycles. The molecule has 0 unspecified atom stereocenters. The van der Waals surface area contributed by atoms with Crippen LogP contribution in [0.2, 0.25) is 0 Å². The zero-order valence-corrected chi connectivity index (χ0v) is 16.3. The van der Waals surface area contributed by atoms with Crippen molar-refractivity contribution in [3.63, 3.8) is 0 Å². The van der Waals surface area contributed by atoms with Gasteiger partial charge in [0.15, 0.2) is 0 Å². The van der Waals surface area contributed by atoms with E-state index in [9.17, 15) is 13.6 Å². The second-order valence-electron chi connectivity index (χ2n) is 7.09. The van der Waals surface area contributed by atoms with E-state index in [4.69, 9.17) is 0 Å². The molecule has 6 nitrogen and oxygen atoms in total. The first kappa shape index (κ1) is 19.9. The Morgan fingerprint density at radius 2 is 1.73 bits per heavy atom. The number of carbonyl (C=O) groups excluding carboxylic acids is 1. The summed E-state index contributed by atoms with van der Waals surface area (Å²) >= 11 is 0. The minimum absolute atomic E-state index is 0.244. The molecule has 1 fully saturated rings. The van der Waals surface area contributed by atoms with E-state index < -0.39 is 17.5 Å². The summed E-state index contributed by atoms with van der Waals surface area (Å²) in [5.41, 5.74) is 1.04. The Bertz CT molecular complexity index is 1020. The number of hydrogen-bond donors (Lipinski definition) is 1. The Labute approximate surface area is 173 Å². The van der Waals surface area contributed by atoms with Gasteiger partial charge in [-0.2, -0.15) is 0 Å². The van der Waals surface area contributed by atoms with Crippen LogP contribution in [0, 0.1) is 11.6 Å². The summed E-state index contributed by atoms with van der Waals surface area (Å²) in [6, 6.07) is 14.8. The molecule has 8 heteroatoms. The van der Waals surface area contributed by atoms with Gasteiger partial charge in [0.05, 0.1) is 5.56 Å². The summed E-state index contributed by atoms with van der Waals surface area (Å²) in [6.07, 6.45) is 1.36. The number of rotatable bonds is 5. The van der Waals surface area contributed by atoms with Crippen LogP contribution in [0.1, 0.15) is 15.9 Å². The highest BCUT2D eigenvalue weighted by Crippen LogP contribution is 2.18. The van der Waals surface area contributed by atoms with Crippen molar-refractivity contribution in [2.45, 2.75) is 6.54 Å². The maximum atomic E-state index is 13.8. The molecule has 2 aromatic carbocycles.